The lowest BCUT2D eigenvalue weighted by Gasteiger charge is -2.22. The number of rotatable bonds is 5. The zero-order valence-electron chi connectivity index (χ0n) is 12.5. The fourth-order valence-corrected chi connectivity index (χ4v) is 3.27. The van der Waals surface area contributed by atoms with Crippen molar-refractivity contribution in [2.24, 2.45) is 5.92 Å². The molecule has 104 valence electrons. The van der Waals surface area contributed by atoms with E-state index in [0.717, 1.165) is 5.92 Å². The molecule has 0 nitrogen and oxygen atoms in total. The molecular weight excluding hydrogens is 240 g/mol. The van der Waals surface area contributed by atoms with Crippen molar-refractivity contribution >= 4 is 0 Å². The summed E-state index contributed by atoms with van der Waals surface area (Å²) in [5.74, 6) is 2.22. The molecule has 3 rings (SSSR count). The molecule has 2 aromatic rings. The first-order valence-electron chi connectivity index (χ1n) is 7.88. The van der Waals surface area contributed by atoms with E-state index in [1.807, 2.05) is 0 Å². The highest BCUT2D eigenvalue weighted by atomic mass is 14.4. The molecule has 0 saturated heterocycles. The first-order valence-corrected chi connectivity index (χ1v) is 7.88. The van der Waals surface area contributed by atoms with Crippen LogP contribution in [0.4, 0.5) is 0 Å². The van der Waals surface area contributed by atoms with E-state index in [2.05, 4.69) is 68.4 Å². The Hall–Kier alpha value is -1.56. The molecule has 2 aromatic carbocycles. The van der Waals surface area contributed by atoms with Crippen LogP contribution in [0.25, 0.3) is 0 Å². The Morgan fingerprint density at radius 3 is 2.05 bits per heavy atom. The van der Waals surface area contributed by atoms with Gasteiger partial charge in [-0.25, -0.2) is 0 Å². The third-order valence-electron chi connectivity index (χ3n) is 4.51. The Morgan fingerprint density at radius 1 is 0.850 bits per heavy atom. The van der Waals surface area contributed by atoms with Crippen LogP contribution >= 0.6 is 0 Å². The predicted molar refractivity (Wildman–Crippen MR) is 86.1 cm³/mol. The van der Waals surface area contributed by atoms with Gasteiger partial charge in [0.1, 0.15) is 0 Å². The zero-order chi connectivity index (χ0) is 13.9. The van der Waals surface area contributed by atoms with Crippen LogP contribution in [-0.2, 0) is 6.42 Å². The van der Waals surface area contributed by atoms with E-state index in [-0.39, 0.29) is 0 Å². The fourth-order valence-electron chi connectivity index (χ4n) is 3.27. The number of hydrogen-bond donors (Lipinski definition) is 0. The summed E-state index contributed by atoms with van der Waals surface area (Å²) in [6, 6.07) is 20.0. The third-order valence-corrected chi connectivity index (χ3v) is 4.51. The average molecular weight is 264 g/mol. The minimum absolute atomic E-state index is 0.614. The third kappa shape index (κ3) is 2.95. The maximum absolute atomic E-state index is 2.36. The van der Waals surface area contributed by atoms with E-state index >= 15 is 0 Å². The Morgan fingerprint density at radius 2 is 1.45 bits per heavy atom. The van der Waals surface area contributed by atoms with Gasteiger partial charge in [-0.3, -0.25) is 0 Å². The van der Waals surface area contributed by atoms with Crippen molar-refractivity contribution in [2.75, 3.05) is 0 Å². The van der Waals surface area contributed by atoms with Crippen LogP contribution < -0.4 is 0 Å². The Kier molecular flexibility index (Phi) is 3.91. The molecule has 0 spiro atoms. The lowest BCUT2D eigenvalue weighted by molar-refractivity contribution is 0.591. The Bertz CT molecular complexity index is 549. The molecule has 1 saturated carbocycles. The first kappa shape index (κ1) is 13.4. The van der Waals surface area contributed by atoms with Gasteiger partial charge in [0.2, 0.25) is 0 Å². The van der Waals surface area contributed by atoms with Crippen molar-refractivity contribution < 1.29 is 0 Å². The first-order chi connectivity index (χ1) is 9.75. The maximum atomic E-state index is 2.36. The Labute approximate surface area is 122 Å². The van der Waals surface area contributed by atoms with Gasteiger partial charge in [-0.05, 0) is 53.7 Å². The smallest absolute Gasteiger partial charge is 0.00903 e. The molecule has 0 aliphatic heterocycles. The molecule has 20 heavy (non-hydrogen) atoms. The van der Waals surface area contributed by atoms with Gasteiger partial charge in [0.15, 0.2) is 0 Å². The summed E-state index contributed by atoms with van der Waals surface area (Å²) >= 11 is 0. The molecule has 0 aromatic heterocycles. The SMILES string of the molecule is CC(C)c1ccccc1C(Cc1ccccc1)C1CC1. The van der Waals surface area contributed by atoms with E-state index in [0.29, 0.717) is 11.8 Å². The summed E-state index contributed by atoms with van der Waals surface area (Å²) in [5.41, 5.74) is 4.61. The summed E-state index contributed by atoms with van der Waals surface area (Å²) in [6.45, 7) is 4.62. The number of benzene rings is 2. The van der Waals surface area contributed by atoms with Gasteiger partial charge in [-0.15, -0.1) is 0 Å². The van der Waals surface area contributed by atoms with Crippen LogP contribution in [0, 0.1) is 5.92 Å². The minimum atomic E-state index is 0.614. The van der Waals surface area contributed by atoms with Crippen LogP contribution in [-0.4, -0.2) is 0 Å². The molecule has 0 heteroatoms. The molecule has 0 heterocycles. The second kappa shape index (κ2) is 5.83. The van der Waals surface area contributed by atoms with Crippen molar-refractivity contribution in [1.82, 2.24) is 0 Å². The van der Waals surface area contributed by atoms with Gasteiger partial charge < -0.3 is 0 Å². The molecule has 0 bridgehead atoms. The molecular formula is C20H24. The lowest BCUT2D eigenvalue weighted by atomic mass is 9.82. The maximum Gasteiger partial charge on any atom is -0.00903 e. The average Bonchev–Trinajstić information content (AvgIpc) is 3.30. The second-order valence-electron chi connectivity index (χ2n) is 6.42. The normalized spacial score (nSPS) is 16.4. The largest absolute Gasteiger partial charge is 0.0622 e. The van der Waals surface area contributed by atoms with E-state index in [1.54, 1.807) is 11.1 Å². The standard InChI is InChI=1S/C20H24/c1-15(2)18-10-6-7-11-19(18)20(17-12-13-17)14-16-8-4-3-5-9-16/h3-11,15,17,20H,12-14H2,1-2H3. The molecule has 0 amide bonds. The van der Waals surface area contributed by atoms with Crippen LogP contribution in [0.1, 0.15) is 55.2 Å². The van der Waals surface area contributed by atoms with Crippen LogP contribution in [0.15, 0.2) is 54.6 Å². The van der Waals surface area contributed by atoms with E-state index in [1.165, 1.54) is 24.8 Å². The van der Waals surface area contributed by atoms with Crippen molar-refractivity contribution in [1.29, 1.82) is 0 Å². The Balaban J connectivity index is 1.91. The van der Waals surface area contributed by atoms with Crippen molar-refractivity contribution in [3.63, 3.8) is 0 Å². The summed E-state index contributed by atoms with van der Waals surface area (Å²) in [5, 5.41) is 0. The lowest BCUT2D eigenvalue weighted by Crippen LogP contribution is -2.09. The summed E-state index contributed by atoms with van der Waals surface area (Å²) in [4.78, 5) is 0. The summed E-state index contributed by atoms with van der Waals surface area (Å²) < 4.78 is 0. The van der Waals surface area contributed by atoms with Gasteiger partial charge in [-0.1, -0.05) is 68.4 Å². The highest BCUT2D eigenvalue weighted by Crippen LogP contribution is 2.46. The topological polar surface area (TPSA) is 0 Å². The fraction of sp³-hybridized carbons (Fsp3) is 0.400. The predicted octanol–water partition coefficient (Wildman–Crippen LogP) is 5.55. The molecule has 1 aliphatic carbocycles. The minimum Gasteiger partial charge on any atom is -0.0622 e. The van der Waals surface area contributed by atoms with Crippen LogP contribution in [0.5, 0.6) is 0 Å². The molecule has 1 fully saturated rings. The number of hydrogen-bond acceptors (Lipinski definition) is 0. The summed E-state index contributed by atoms with van der Waals surface area (Å²) in [7, 11) is 0. The molecule has 1 atom stereocenters. The monoisotopic (exact) mass is 264 g/mol. The van der Waals surface area contributed by atoms with E-state index in [4.69, 9.17) is 0 Å². The molecule has 1 aliphatic rings. The second-order valence-corrected chi connectivity index (χ2v) is 6.42. The van der Waals surface area contributed by atoms with Gasteiger partial charge in [-0.2, -0.15) is 0 Å². The van der Waals surface area contributed by atoms with Crippen LogP contribution in [0.3, 0.4) is 0 Å². The van der Waals surface area contributed by atoms with Crippen LogP contribution in [0.2, 0.25) is 0 Å². The van der Waals surface area contributed by atoms with Crippen molar-refractivity contribution in [3.05, 3.63) is 71.3 Å². The highest BCUT2D eigenvalue weighted by molar-refractivity contribution is 5.35. The van der Waals surface area contributed by atoms with E-state index in [9.17, 15) is 0 Å². The van der Waals surface area contributed by atoms with E-state index < -0.39 is 0 Å². The van der Waals surface area contributed by atoms with Gasteiger partial charge in [0, 0.05) is 0 Å². The molecule has 1 unspecified atom stereocenters. The highest BCUT2D eigenvalue weighted by Gasteiger charge is 2.33. The van der Waals surface area contributed by atoms with Crippen molar-refractivity contribution in [3.8, 4) is 0 Å². The van der Waals surface area contributed by atoms with Gasteiger partial charge in [0.25, 0.3) is 0 Å². The zero-order valence-corrected chi connectivity index (χ0v) is 12.5. The summed E-state index contributed by atoms with van der Waals surface area (Å²) in [6.07, 6.45) is 4.00. The van der Waals surface area contributed by atoms with Gasteiger partial charge in [0.05, 0.1) is 0 Å². The molecule has 0 radical (unpaired) electrons. The van der Waals surface area contributed by atoms with Crippen molar-refractivity contribution in [2.45, 2.75) is 44.9 Å². The molecule has 0 N–H and O–H groups in total. The quantitative estimate of drug-likeness (QED) is 0.664. The van der Waals surface area contributed by atoms with Gasteiger partial charge >= 0.3 is 0 Å².